The first-order valence-electron chi connectivity index (χ1n) is 6.46. The third-order valence-corrected chi connectivity index (χ3v) is 4.01. The molecular weight excluding hydrogens is 196 g/mol. The number of rotatable bonds is 0. The lowest BCUT2D eigenvalue weighted by Gasteiger charge is -2.05. The fourth-order valence-electron chi connectivity index (χ4n) is 3.23. The molecule has 0 aliphatic heterocycles. The summed E-state index contributed by atoms with van der Waals surface area (Å²) in [4.78, 5) is 11.6. The van der Waals surface area contributed by atoms with Gasteiger partial charge in [-0.05, 0) is 43.3 Å². The van der Waals surface area contributed by atoms with Crippen LogP contribution < -0.4 is 0 Å². The van der Waals surface area contributed by atoms with Gasteiger partial charge in [0.25, 0.3) is 0 Å². The van der Waals surface area contributed by atoms with E-state index in [2.05, 4.69) is 12.2 Å². The third-order valence-electron chi connectivity index (χ3n) is 4.01. The molecule has 84 valence electrons. The highest BCUT2D eigenvalue weighted by Crippen LogP contribution is 2.42. The van der Waals surface area contributed by atoms with E-state index in [0.717, 1.165) is 6.42 Å². The van der Waals surface area contributed by atoms with Gasteiger partial charge in [-0.1, -0.05) is 29.7 Å². The van der Waals surface area contributed by atoms with E-state index < -0.39 is 0 Å². The van der Waals surface area contributed by atoms with Gasteiger partial charge < -0.3 is 0 Å². The second kappa shape index (κ2) is 4.04. The summed E-state index contributed by atoms with van der Waals surface area (Å²) >= 11 is 0. The summed E-state index contributed by atoms with van der Waals surface area (Å²) in [6.07, 6.45) is 13.3. The molecule has 0 amide bonds. The largest absolute Gasteiger partial charge is 0.299 e. The Labute approximate surface area is 96.9 Å². The Kier molecular flexibility index (Phi) is 2.55. The zero-order valence-corrected chi connectivity index (χ0v) is 9.72. The van der Waals surface area contributed by atoms with Crippen molar-refractivity contribution in [2.45, 2.75) is 51.4 Å². The summed E-state index contributed by atoms with van der Waals surface area (Å²) in [6, 6.07) is 0. The maximum absolute atomic E-state index is 11.6. The normalized spacial score (nSPS) is 25.4. The first kappa shape index (κ1) is 10.1. The Hall–Kier alpha value is -1.11. The number of ketones is 1. The molecule has 3 aliphatic carbocycles. The lowest BCUT2D eigenvalue weighted by molar-refractivity contribution is -0.117. The van der Waals surface area contributed by atoms with Gasteiger partial charge in [-0.2, -0.15) is 0 Å². The first-order valence-corrected chi connectivity index (χ1v) is 6.46. The molecule has 0 bridgehead atoms. The van der Waals surface area contributed by atoms with Gasteiger partial charge in [0.1, 0.15) is 5.78 Å². The quantitative estimate of drug-likeness (QED) is 0.598. The molecule has 0 saturated carbocycles. The Morgan fingerprint density at radius 1 is 0.938 bits per heavy atom. The van der Waals surface area contributed by atoms with Crippen molar-refractivity contribution in [3.05, 3.63) is 34.4 Å². The van der Waals surface area contributed by atoms with E-state index in [-0.39, 0.29) is 0 Å². The number of hydrogen-bond acceptors (Lipinski definition) is 1. The molecule has 0 saturated heterocycles. The summed E-state index contributed by atoms with van der Waals surface area (Å²) in [7, 11) is 0. The van der Waals surface area contributed by atoms with Gasteiger partial charge in [0, 0.05) is 12.8 Å². The van der Waals surface area contributed by atoms with Crippen molar-refractivity contribution < 1.29 is 4.79 Å². The van der Waals surface area contributed by atoms with Crippen LogP contribution in [-0.2, 0) is 4.79 Å². The molecule has 1 heteroatoms. The van der Waals surface area contributed by atoms with Crippen molar-refractivity contribution in [3.63, 3.8) is 0 Å². The van der Waals surface area contributed by atoms with Crippen molar-refractivity contribution in [2.24, 2.45) is 0 Å². The summed E-state index contributed by atoms with van der Waals surface area (Å²) in [5, 5.41) is 0. The predicted molar refractivity (Wildman–Crippen MR) is 65.1 cm³/mol. The van der Waals surface area contributed by atoms with Crippen LogP contribution in [-0.4, -0.2) is 5.78 Å². The van der Waals surface area contributed by atoms with Gasteiger partial charge in [-0.15, -0.1) is 0 Å². The highest BCUT2D eigenvalue weighted by atomic mass is 16.1. The Bertz CT molecular complexity index is 421. The molecule has 0 aromatic carbocycles. The molecule has 0 radical (unpaired) electrons. The second-order valence-electron chi connectivity index (χ2n) is 5.16. The van der Waals surface area contributed by atoms with Crippen LogP contribution in [0.15, 0.2) is 34.4 Å². The molecule has 0 aromatic heterocycles. The summed E-state index contributed by atoms with van der Waals surface area (Å²) in [6.45, 7) is 0. The lowest BCUT2D eigenvalue weighted by Crippen LogP contribution is -1.96. The predicted octanol–water partition coefficient (Wildman–Crippen LogP) is 3.87. The molecule has 16 heavy (non-hydrogen) atoms. The zero-order valence-electron chi connectivity index (χ0n) is 9.72. The zero-order chi connectivity index (χ0) is 11.0. The highest BCUT2D eigenvalue weighted by Gasteiger charge is 2.25. The van der Waals surface area contributed by atoms with E-state index in [9.17, 15) is 4.79 Å². The number of fused-ring (bicyclic) bond motifs is 1. The van der Waals surface area contributed by atoms with Crippen LogP contribution in [0.3, 0.4) is 0 Å². The Morgan fingerprint density at radius 3 is 2.75 bits per heavy atom. The molecule has 0 N–H and O–H groups in total. The minimum atomic E-state index is 0.388. The molecule has 0 unspecified atom stereocenters. The average molecular weight is 214 g/mol. The topological polar surface area (TPSA) is 17.1 Å². The Morgan fingerprint density at radius 2 is 1.81 bits per heavy atom. The minimum absolute atomic E-state index is 0.388. The van der Waals surface area contributed by atoms with Gasteiger partial charge in [-0.3, -0.25) is 4.79 Å². The fraction of sp³-hybridized carbons (Fsp3) is 0.533. The number of allylic oxidation sites excluding steroid dienone is 6. The van der Waals surface area contributed by atoms with E-state index in [0.29, 0.717) is 18.6 Å². The molecule has 0 aromatic rings. The van der Waals surface area contributed by atoms with E-state index >= 15 is 0 Å². The van der Waals surface area contributed by atoms with Crippen LogP contribution in [0.5, 0.6) is 0 Å². The van der Waals surface area contributed by atoms with E-state index in [1.54, 1.807) is 11.1 Å². The molecular formula is C15H18O. The third kappa shape index (κ3) is 1.68. The molecule has 0 atom stereocenters. The summed E-state index contributed by atoms with van der Waals surface area (Å²) < 4.78 is 0. The number of carbonyl (C=O) groups excluding carboxylic acids is 1. The van der Waals surface area contributed by atoms with Crippen LogP contribution in [0, 0.1) is 0 Å². The van der Waals surface area contributed by atoms with Crippen LogP contribution in [0.2, 0.25) is 0 Å². The maximum atomic E-state index is 11.6. The van der Waals surface area contributed by atoms with Crippen LogP contribution in [0.1, 0.15) is 51.4 Å². The van der Waals surface area contributed by atoms with Crippen molar-refractivity contribution in [1.82, 2.24) is 0 Å². The fourth-order valence-corrected chi connectivity index (χ4v) is 3.23. The van der Waals surface area contributed by atoms with Gasteiger partial charge in [0.05, 0.1) is 0 Å². The molecule has 0 spiro atoms. The van der Waals surface area contributed by atoms with Gasteiger partial charge >= 0.3 is 0 Å². The molecule has 1 nitrogen and oxygen atoms in total. The van der Waals surface area contributed by atoms with E-state index in [1.165, 1.54) is 43.3 Å². The molecule has 0 heterocycles. The second-order valence-corrected chi connectivity index (χ2v) is 5.16. The number of hydrogen-bond donors (Lipinski definition) is 0. The van der Waals surface area contributed by atoms with Crippen molar-refractivity contribution in [3.8, 4) is 0 Å². The van der Waals surface area contributed by atoms with Crippen molar-refractivity contribution in [1.29, 1.82) is 0 Å². The maximum Gasteiger partial charge on any atom is 0.140 e. The van der Waals surface area contributed by atoms with Gasteiger partial charge in [-0.25, -0.2) is 0 Å². The van der Waals surface area contributed by atoms with Crippen LogP contribution in [0.25, 0.3) is 0 Å². The van der Waals surface area contributed by atoms with E-state index in [1.807, 2.05) is 0 Å². The molecule has 3 rings (SSSR count). The monoisotopic (exact) mass is 214 g/mol. The standard InChI is InChI=1S/C15H18O/c16-13-6-4-8-15-12(10-13)9-11-5-2-1-3-7-14(11)15/h4,8H,1-3,5-7,9-10H2. The Balaban J connectivity index is 1.95. The van der Waals surface area contributed by atoms with Gasteiger partial charge in [0.15, 0.2) is 0 Å². The van der Waals surface area contributed by atoms with E-state index in [4.69, 9.17) is 0 Å². The minimum Gasteiger partial charge on any atom is -0.299 e. The summed E-state index contributed by atoms with van der Waals surface area (Å²) in [5.74, 6) is 0.388. The highest BCUT2D eigenvalue weighted by molar-refractivity contribution is 5.84. The number of Topliss-reactive ketones (excluding diaryl/α,β-unsaturated/α-hetero) is 1. The van der Waals surface area contributed by atoms with Crippen molar-refractivity contribution in [2.75, 3.05) is 0 Å². The van der Waals surface area contributed by atoms with Crippen molar-refractivity contribution >= 4 is 5.78 Å². The lowest BCUT2D eigenvalue weighted by atomic mass is 10.0. The smallest absolute Gasteiger partial charge is 0.140 e. The first-order chi connectivity index (χ1) is 7.84. The SMILES string of the molecule is O=C1CC=CC2=C(C1)CC1=C2CCCCC1. The average Bonchev–Trinajstić information content (AvgIpc) is 2.48. The van der Waals surface area contributed by atoms with Crippen LogP contribution in [0.4, 0.5) is 0 Å². The van der Waals surface area contributed by atoms with Crippen LogP contribution >= 0.6 is 0 Å². The number of carbonyl (C=O) groups is 1. The van der Waals surface area contributed by atoms with Gasteiger partial charge in [0.2, 0.25) is 0 Å². The summed E-state index contributed by atoms with van der Waals surface area (Å²) in [5.41, 5.74) is 6.08. The molecule has 3 aliphatic rings. The molecule has 0 fully saturated rings.